The van der Waals surface area contributed by atoms with Gasteiger partial charge in [0.25, 0.3) is 0 Å². The summed E-state index contributed by atoms with van der Waals surface area (Å²) in [6.45, 7) is 2.20. The molecule has 1 fully saturated rings. The normalized spacial score (nSPS) is 22.1. The Morgan fingerprint density at radius 3 is 2.83 bits per heavy atom. The van der Waals surface area contributed by atoms with Crippen molar-refractivity contribution in [3.05, 3.63) is 18.2 Å². The number of hydrogen-bond donors (Lipinski definition) is 3. The first-order valence-corrected chi connectivity index (χ1v) is 9.58. The lowest BCUT2D eigenvalue weighted by Gasteiger charge is -2.22. The maximum absolute atomic E-state index is 12.5. The van der Waals surface area contributed by atoms with Gasteiger partial charge in [0, 0.05) is 25.0 Å². The van der Waals surface area contributed by atoms with Crippen LogP contribution in [0.15, 0.2) is 12.4 Å². The van der Waals surface area contributed by atoms with Crippen molar-refractivity contribution in [2.75, 3.05) is 19.7 Å². The van der Waals surface area contributed by atoms with Gasteiger partial charge in [0.15, 0.2) is 5.65 Å². The van der Waals surface area contributed by atoms with Gasteiger partial charge in [-0.2, -0.15) is 18.3 Å². The first-order valence-electron chi connectivity index (χ1n) is 9.58. The third-order valence-corrected chi connectivity index (χ3v) is 5.52. The second-order valence-electron chi connectivity index (χ2n) is 7.58. The van der Waals surface area contributed by atoms with E-state index in [4.69, 9.17) is 0 Å². The number of rotatable bonds is 6. The average molecular weight is 412 g/mol. The number of aliphatic hydroxyl groups excluding tert-OH is 2. The van der Waals surface area contributed by atoms with E-state index in [0.717, 1.165) is 10.9 Å². The van der Waals surface area contributed by atoms with E-state index in [1.54, 1.807) is 19.3 Å². The molecule has 1 aliphatic heterocycles. The van der Waals surface area contributed by atoms with E-state index in [0.29, 0.717) is 30.0 Å². The first kappa shape index (κ1) is 20.0. The molecule has 0 radical (unpaired) electrons. The molecule has 3 aromatic rings. The number of likely N-dealkylation sites (tertiary alicyclic amines) is 1. The smallest absolute Gasteiger partial charge is 0.389 e. The molecule has 4 heterocycles. The number of aliphatic hydroxyl groups is 2. The molecule has 0 amide bonds. The van der Waals surface area contributed by atoms with Crippen molar-refractivity contribution < 1.29 is 23.4 Å². The largest absolute Gasteiger partial charge is 0.395 e. The Bertz CT molecular complexity index is 999. The van der Waals surface area contributed by atoms with Crippen LogP contribution in [-0.4, -0.2) is 71.8 Å². The minimum absolute atomic E-state index is 0.0173. The lowest BCUT2D eigenvalue weighted by Crippen LogP contribution is -2.33. The van der Waals surface area contributed by atoms with Gasteiger partial charge in [-0.3, -0.25) is 10.00 Å². The Morgan fingerprint density at radius 2 is 2.14 bits per heavy atom. The van der Waals surface area contributed by atoms with Crippen molar-refractivity contribution in [1.29, 1.82) is 0 Å². The van der Waals surface area contributed by atoms with Crippen LogP contribution in [0.1, 0.15) is 44.2 Å². The van der Waals surface area contributed by atoms with Crippen LogP contribution in [0.2, 0.25) is 0 Å². The highest BCUT2D eigenvalue weighted by Gasteiger charge is 2.36. The Morgan fingerprint density at radius 1 is 1.34 bits per heavy atom. The standard InChI is InChI=1S/C18H23F3N6O2/c1-10(29)17-24-14-7-22-16-13(6-23-25-16)15(14)27(17)11-5-12(9-28)26(8-11)4-2-3-18(19,20)21/h6-7,10-12,28-29H,2-5,8-9H2,1H3,(H,22,23,25)/t10-,11+,12-/m1/s1. The van der Waals surface area contributed by atoms with Crippen LogP contribution < -0.4 is 0 Å². The molecular formula is C18H23F3N6O2. The van der Waals surface area contributed by atoms with Gasteiger partial charge in [0.1, 0.15) is 17.4 Å². The number of pyridine rings is 1. The van der Waals surface area contributed by atoms with Crippen molar-refractivity contribution in [3.8, 4) is 0 Å². The average Bonchev–Trinajstić information content (AvgIpc) is 3.35. The second-order valence-corrected chi connectivity index (χ2v) is 7.58. The number of aromatic amines is 1. The van der Waals surface area contributed by atoms with Gasteiger partial charge in [-0.25, -0.2) is 9.97 Å². The molecular weight excluding hydrogens is 389 g/mol. The summed E-state index contributed by atoms with van der Waals surface area (Å²) in [6, 6.07) is -0.387. The highest BCUT2D eigenvalue weighted by Crippen LogP contribution is 2.36. The van der Waals surface area contributed by atoms with Gasteiger partial charge < -0.3 is 14.8 Å². The Kier molecular flexibility index (Phi) is 5.21. The maximum Gasteiger partial charge on any atom is 0.389 e. The molecule has 3 aromatic heterocycles. The van der Waals surface area contributed by atoms with Gasteiger partial charge in [0.2, 0.25) is 0 Å². The topological polar surface area (TPSA) is 103 Å². The Balaban J connectivity index is 1.68. The number of alkyl halides is 3. The fourth-order valence-corrected chi connectivity index (χ4v) is 4.26. The van der Waals surface area contributed by atoms with Crippen molar-refractivity contribution in [1.82, 2.24) is 29.6 Å². The number of aromatic nitrogens is 5. The molecule has 11 heteroatoms. The quantitative estimate of drug-likeness (QED) is 0.574. The molecule has 0 bridgehead atoms. The van der Waals surface area contributed by atoms with Crippen molar-refractivity contribution in [2.24, 2.45) is 0 Å². The van der Waals surface area contributed by atoms with Crippen LogP contribution >= 0.6 is 0 Å². The zero-order valence-electron chi connectivity index (χ0n) is 15.9. The van der Waals surface area contributed by atoms with Crippen molar-refractivity contribution in [3.63, 3.8) is 0 Å². The van der Waals surface area contributed by atoms with E-state index in [9.17, 15) is 23.4 Å². The lowest BCUT2D eigenvalue weighted by atomic mass is 10.1. The molecule has 0 unspecified atom stereocenters. The van der Waals surface area contributed by atoms with Crippen molar-refractivity contribution in [2.45, 2.75) is 50.6 Å². The fourth-order valence-electron chi connectivity index (χ4n) is 4.26. The summed E-state index contributed by atoms with van der Waals surface area (Å²) < 4.78 is 39.5. The van der Waals surface area contributed by atoms with E-state index in [1.807, 2.05) is 9.47 Å². The molecule has 158 valence electrons. The molecule has 3 N–H and O–H groups in total. The third kappa shape index (κ3) is 3.81. The molecule has 8 nitrogen and oxygen atoms in total. The highest BCUT2D eigenvalue weighted by atomic mass is 19.4. The van der Waals surface area contributed by atoms with Crippen LogP contribution in [0.25, 0.3) is 22.1 Å². The van der Waals surface area contributed by atoms with Crippen LogP contribution in [-0.2, 0) is 0 Å². The number of H-pyrrole nitrogens is 1. The molecule has 4 rings (SSSR count). The van der Waals surface area contributed by atoms with Crippen LogP contribution in [0.3, 0.4) is 0 Å². The third-order valence-electron chi connectivity index (χ3n) is 5.52. The summed E-state index contributed by atoms with van der Waals surface area (Å²) in [5, 5.41) is 27.7. The summed E-state index contributed by atoms with van der Waals surface area (Å²) in [5.41, 5.74) is 1.99. The molecule has 3 atom stereocenters. The Hall–Kier alpha value is -2.24. The van der Waals surface area contributed by atoms with Gasteiger partial charge in [-0.15, -0.1) is 0 Å². The first-order chi connectivity index (χ1) is 13.8. The number of nitrogens with zero attached hydrogens (tertiary/aromatic N) is 5. The molecule has 1 aliphatic rings. The summed E-state index contributed by atoms with van der Waals surface area (Å²) >= 11 is 0. The predicted octanol–water partition coefficient (Wildman–Crippen LogP) is 2.31. The molecule has 29 heavy (non-hydrogen) atoms. The summed E-state index contributed by atoms with van der Waals surface area (Å²) in [4.78, 5) is 10.7. The van der Waals surface area contributed by atoms with Gasteiger partial charge in [-0.05, 0) is 26.3 Å². The van der Waals surface area contributed by atoms with Crippen LogP contribution in [0.5, 0.6) is 0 Å². The monoisotopic (exact) mass is 412 g/mol. The Labute approximate surface area is 164 Å². The maximum atomic E-state index is 12.5. The molecule has 0 saturated carbocycles. The number of halogens is 3. The summed E-state index contributed by atoms with van der Waals surface area (Å²) in [6.07, 6.45) is -2.08. The van der Waals surface area contributed by atoms with E-state index in [-0.39, 0.29) is 31.7 Å². The highest BCUT2D eigenvalue weighted by molar-refractivity contribution is 6.00. The lowest BCUT2D eigenvalue weighted by molar-refractivity contribution is -0.136. The number of imidazole rings is 1. The summed E-state index contributed by atoms with van der Waals surface area (Å²) in [7, 11) is 0. The molecule has 0 spiro atoms. The number of fused-ring (bicyclic) bond motifs is 3. The SMILES string of the molecule is C[C@@H](O)c1nc2cnc3[nH]ncc3c2n1[C@H]1C[C@H](CO)N(CCCC(F)(F)F)C1. The van der Waals surface area contributed by atoms with Crippen LogP contribution in [0, 0.1) is 0 Å². The second kappa shape index (κ2) is 7.54. The van der Waals surface area contributed by atoms with Crippen molar-refractivity contribution >= 4 is 22.1 Å². The van der Waals surface area contributed by atoms with E-state index >= 15 is 0 Å². The molecule has 1 saturated heterocycles. The number of nitrogens with one attached hydrogen (secondary N) is 1. The van der Waals surface area contributed by atoms with Crippen LogP contribution in [0.4, 0.5) is 13.2 Å². The van der Waals surface area contributed by atoms with E-state index in [1.165, 1.54) is 0 Å². The zero-order chi connectivity index (χ0) is 20.8. The van der Waals surface area contributed by atoms with Gasteiger partial charge in [-0.1, -0.05) is 0 Å². The van der Waals surface area contributed by atoms with Gasteiger partial charge >= 0.3 is 6.18 Å². The minimum Gasteiger partial charge on any atom is -0.395 e. The molecule has 0 aliphatic carbocycles. The van der Waals surface area contributed by atoms with E-state index < -0.39 is 18.7 Å². The number of hydrogen-bond acceptors (Lipinski definition) is 6. The predicted molar refractivity (Wildman–Crippen MR) is 99.2 cm³/mol. The zero-order valence-corrected chi connectivity index (χ0v) is 15.9. The summed E-state index contributed by atoms with van der Waals surface area (Å²) in [5.74, 6) is 0.467. The minimum atomic E-state index is -4.19. The molecule has 0 aromatic carbocycles. The van der Waals surface area contributed by atoms with E-state index in [2.05, 4.69) is 20.2 Å². The fraction of sp³-hybridized carbons (Fsp3) is 0.611. The van der Waals surface area contributed by atoms with Gasteiger partial charge in [0.05, 0.1) is 29.9 Å².